The number of rotatable bonds is 6. The summed E-state index contributed by atoms with van der Waals surface area (Å²) in [6.45, 7) is -0.0246. The van der Waals surface area contributed by atoms with Crippen LogP contribution in [-0.4, -0.2) is 74.6 Å². The van der Waals surface area contributed by atoms with E-state index in [1.165, 1.54) is 15.6 Å². The molecule has 2 aromatic heterocycles. The number of nitrogens with zero attached hydrogens (tertiary/aromatic N) is 5. The van der Waals surface area contributed by atoms with Crippen LogP contribution >= 0.6 is 0 Å². The Hall–Kier alpha value is -2.84. The Morgan fingerprint density at radius 3 is 2.31 bits per heavy atom. The SMILES string of the molecule is NC(=O)C1([C@@H](c2cn3ncc([C@@H]4CS(=O)(=O)CCN4C(=O)C45CC(F)(C4)C5)nc3n2)C2CCC(C(F)(F)F)CC2)CC1. The number of hydrogen-bond donors (Lipinski definition) is 1. The normalized spacial score (nSPS) is 35.6. The Morgan fingerprint density at radius 2 is 1.74 bits per heavy atom. The first-order valence-electron chi connectivity index (χ1n) is 14.4. The van der Waals surface area contributed by atoms with Crippen LogP contribution in [0.2, 0.25) is 0 Å². The van der Waals surface area contributed by atoms with E-state index >= 15 is 0 Å². The topological polar surface area (TPSA) is 141 Å². The standard InChI is InChI=1S/C27H32F4N6O4S/c28-25-12-24(13-25,14-25)22(39)36-7-8-42(40,41)11-19(36)17-9-33-37-10-18(35-23(37)34-17)20(26(5-6-26)21(32)38)15-1-3-16(4-2-15)27(29,30)31/h9-10,15-16,19-20H,1-8,11-14H2,(H2,32,38)/t15?,16?,19-,20+,24?,25?/m0/s1. The van der Waals surface area contributed by atoms with Gasteiger partial charge in [-0.1, -0.05) is 0 Å². The van der Waals surface area contributed by atoms with Crippen molar-refractivity contribution in [3.63, 3.8) is 0 Å². The van der Waals surface area contributed by atoms with Gasteiger partial charge in [0.1, 0.15) is 5.67 Å². The predicted molar refractivity (Wildman–Crippen MR) is 139 cm³/mol. The van der Waals surface area contributed by atoms with Gasteiger partial charge in [-0.25, -0.2) is 27.3 Å². The number of amides is 2. The number of fused-ring (bicyclic) bond motifs is 1. The molecule has 5 aliphatic carbocycles. The molecule has 8 rings (SSSR count). The quantitative estimate of drug-likeness (QED) is 0.495. The molecule has 0 aromatic carbocycles. The lowest BCUT2D eigenvalue weighted by molar-refractivity contribution is -0.223. The van der Waals surface area contributed by atoms with Gasteiger partial charge in [0.05, 0.1) is 58.1 Å². The van der Waals surface area contributed by atoms with Crippen LogP contribution in [0.15, 0.2) is 12.4 Å². The second kappa shape index (κ2) is 8.85. The lowest BCUT2D eigenvalue weighted by atomic mass is 9.42. The lowest BCUT2D eigenvalue weighted by Crippen LogP contribution is -2.71. The summed E-state index contributed by atoms with van der Waals surface area (Å²) < 4.78 is 80.8. The number of sulfone groups is 1. The largest absolute Gasteiger partial charge is 0.391 e. The molecule has 2 amide bonds. The summed E-state index contributed by atoms with van der Waals surface area (Å²) in [4.78, 5) is 36.8. The average molecular weight is 613 g/mol. The van der Waals surface area contributed by atoms with Gasteiger partial charge in [0, 0.05) is 12.5 Å². The van der Waals surface area contributed by atoms with Crippen LogP contribution in [0.3, 0.4) is 0 Å². The number of aromatic nitrogens is 4. The monoisotopic (exact) mass is 612 g/mol. The molecule has 2 N–H and O–H groups in total. The molecule has 228 valence electrons. The van der Waals surface area contributed by atoms with Crippen molar-refractivity contribution < 1.29 is 35.6 Å². The number of alkyl halides is 4. The molecule has 0 spiro atoms. The Morgan fingerprint density at radius 1 is 1.07 bits per heavy atom. The van der Waals surface area contributed by atoms with Crippen LogP contribution < -0.4 is 5.73 Å². The highest BCUT2D eigenvalue weighted by molar-refractivity contribution is 7.91. The van der Waals surface area contributed by atoms with Gasteiger partial charge in [0.2, 0.25) is 11.8 Å². The molecule has 6 fully saturated rings. The molecular weight excluding hydrogens is 580 g/mol. The Balaban J connectivity index is 1.20. The summed E-state index contributed by atoms with van der Waals surface area (Å²) >= 11 is 0. The third-order valence-electron chi connectivity index (χ3n) is 10.6. The van der Waals surface area contributed by atoms with Crippen LogP contribution in [0.5, 0.6) is 0 Å². The Bertz CT molecular complexity index is 1560. The summed E-state index contributed by atoms with van der Waals surface area (Å²) in [6, 6.07) is -0.910. The maximum absolute atomic E-state index is 14.2. The van der Waals surface area contributed by atoms with Gasteiger partial charge in [-0.05, 0) is 63.7 Å². The van der Waals surface area contributed by atoms with E-state index in [9.17, 15) is 35.6 Å². The summed E-state index contributed by atoms with van der Waals surface area (Å²) in [7, 11) is -3.49. The molecular formula is C27H32F4N6O4S. The summed E-state index contributed by atoms with van der Waals surface area (Å²) in [6.07, 6.45) is 0.721. The molecule has 10 nitrogen and oxygen atoms in total. The fraction of sp³-hybridized carbons (Fsp3) is 0.741. The third-order valence-corrected chi connectivity index (χ3v) is 12.2. The minimum atomic E-state index is -4.26. The van der Waals surface area contributed by atoms with E-state index in [0.29, 0.717) is 18.5 Å². The number of primary amides is 1. The Kier molecular flexibility index (Phi) is 5.89. The fourth-order valence-electron chi connectivity index (χ4n) is 8.21. The fourth-order valence-corrected chi connectivity index (χ4v) is 9.68. The van der Waals surface area contributed by atoms with E-state index in [1.807, 2.05) is 0 Å². The number of carbonyl (C=O) groups excluding carboxylic acids is 2. The summed E-state index contributed by atoms with van der Waals surface area (Å²) in [5.74, 6) is -3.28. The smallest absolute Gasteiger partial charge is 0.369 e. The minimum absolute atomic E-state index is 0.0246. The van der Waals surface area contributed by atoms with Crippen molar-refractivity contribution in [2.24, 2.45) is 28.4 Å². The van der Waals surface area contributed by atoms with Gasteiger partial charge < -0.3 is 10.6 Å². The first-order valence-corrected chi connectivity index (χ1v) is 16.3. The molecule has 5 saturated carbocycles. The van der Waals surface area contributed by atoms with Gasteiger partial charge in [0.15, 0.2) is 9.84 Å². The number of carbonyl (C=O) groups is 2. The van der Waals surface area contributed by atoms with E-state index in [1.54, 1.807) is 6.20 Å². The van der Waals surface area contributed by atoms with E-state index in [4.69, 9.17) is 5.73 Å². The molecule has 42 heavy (non-hydrogen) atoms. The summed E-state index contributed by atoms with van der Waals surface area (Å²) in [5.41, 5.74) is 3.55. The van der Waals surface area contributed by atoms with Crippen LogP contribution in [0.1, 0.15) is 81.1 Å². The van der Waals surface area contributed by atoms with E-state index in [2.05, 4.69) is 15.1 Å². The van der Waals surface area contributed by atoms with Crippen molar-refractivity contribution in [1.29, 1.82) is 0 Å². The van der Waals surface area contributed by atoms with Crippen LogP contribution in [0, 0.1) is 22.7 Å². The predicted octanol–water partition coefficient (Wildman–Crippen LogP) is 3.03. The molecule has 0 unspecified atom stereocenters. The van der Waals surface area contributed by atoms with Gasteiger partial charge in [-0.2, -0.15) is 18.3 Å². The highest BCUT2D eigenvalue weighted by atomic mass is 32.2. The van der Waals surface area contributed by atoms with Gasteiger partial charge in [-0.3, -0.25) is 9.59 Å². The number of halogens is 4. The first kappa shape index (κ1) is 28.0. The number of hydrogen-bond acceptors (Lipinski definition) is 7. The molecule has 15 heteroatoms. The number of imidazole rings is 1. The highest BCUT2D eigenvalue weighted by Crippen LogP contribution is 2.70. The second-order valence-corrected chi connectivity index (χ2v) is 15.6. The van der Waals surface area contributed by atoms with Crippen molar-refractivity contribution in [2.75, 3.05) is 18.1 Å². The molecule has 2 aromatic rings. The van der Waals surface area contributed by atoms with Gasteiger partial charge in [-0.15, -0.1) is 0 Å². The van der Waals surface area contributed by atoms with E-state index in [-0.39, 0.29) is 86.3 Å². The zero-order chi connectivity index (χ0) is 29.9. The molecule has 0 radical (unpaired) electrons. The summed E-state index contributed by atoms with van der Waals surface area (Å²) in [5, 5.41) is 4.39. The van der Waals surface area contributed by atoms with Crippen molar-refractivity contribution in [1.82, 2.24) is 24.5 Å². The van der Waals surface area contributed by atoms with Crippen LogP contribution in [0.25, 0.3) is 5.78 Å². The average Bonchev–Trinajstić information content (AvgIpc) is 3.57. The van der Waals surface area contributed by atoms with Gasteiger partial charge >= 0.3 is 6.18 Å². The van der Waals surface area contributed by atoms with Crippen LogP contribution in [-0.2, 0) is 19.4 Å². The Labute approximate surface area is 239 Å². The van der Waals surface area contributed by atoms with Crippen molar-refractivity contribution in [3.8, 4) is 0 Å². The molecule has 3 heterocycles. The maximum Gasteiger partial charge on any atom is 0.391 e. The lowest BCUT2D eigenvalue weighted by Gasteiger charge is -2.65. The highest BCUT2D eigenvalue weighted by Gasteiger charge is 2.73. The number of nitrogens with two attached hydrogens (primary N) is 1. The first-order chi connectivity index (χ1) is 19.6. The zero-order valence-electron chi connectivity index (χ0n) is 22.8. The molecule has 6 aliphatic rings. The third kappa shape index (κ3) is 4.31. The van der Waals surface area contributed by atoms with Crippen molar-refractivity contribution >= 4 is 27.4 Å². The van der Waals surface area contributed by atoms with E-state index in [0.717, 1.165) is 0 Å². The van der Waals surface area contributed by atoms with Crippen LogP contribution in [0.4, 0.5) is 17.6 Å². The molecule has 2 atom stereocenters. The second-order valence-electron chi connectivity index (χ2n) is 13.3. The van der Waals surface area contributed by atoms with Crippen molar-refractivity contribution in [2.45, 2.75) is 81.6 Å². The molecule has 2 bridgehead atoms. The molecule has 1 aliphatic heterocycles. The maximum atomic E-state index is 14.2. The van der Waals surface area contributed by atoms with Crippen molar-refractivity contribution in [3.05, 3.63) is 23.8 Å². The molecule has 1 saturated heterocycles. The van der Waals surface area contributed by atoms with E-state index < -0.39 is 56.3 Å². The zero-order valence-corrected chi connectivity index (χ0v) is 23.6. The minimum Gasteiger partial charge on any atom is -0.369 e. The van der Waals surface area contributed by atoms with Gasteiger partial charge in [0.25, 0.3) is 5.78 Å².